The van der Waals surface area contributed by atoms with Gasteiger partial charge < -0.3 is 14.2 Å². The number of piperazine rings is 1. The van der Waals surface area contributed by atoms with Crippen molar-refractivity contribution in [3.8, 4) is 0 Å². The molecule has 0 unspecified atom stereocenters. The van der Waals surface area contributed by atoms with E-state index in [-0.39, 0.29) is 17.6 Å². The van der Waals surface area contributed by atoms with Gasteiger partial charge in [0.1, 0.15) is 11.5 Å². The van der Waals surface area contributed by atoms with E-state index in [9.17, 15) is 14.4 Å². The average molecular weight is 368 g/mol. The fraction of sp³-hybridized carbons (Fsp3) is 0.381. The van der Waals surface area contributed by atoms with Crippen LogP contribution in [0.15, 0.2) is 40.8 Å². The zero-order chi connectivity index (χ0) is 19.4. The molecule has 1 aliphatic heterocycles. The number of benzene rings is 1. The van der Waals surface area contributed by atoms with Crippen LogP contribution in [0.25, 0.3) is 0 Å². The monoisotopic (exact) mass is 368 g/mol. The number of amides is 2. The Morgan fingerprint density at radius 2 is 1.63 bits per heavy atom. The normalized spacial score (nSPS) is 14.3. The summed E-state index contributed by atoms with van der Waals surface area (Å²) in [5.41, 5.74) is 1.25. The molecule has 1 aromatic carbocycles. The molecule has 3 rings (SSSR count). The Bertz CT molecular complexity index is 833. The van der Waals surface area contributed by atoms with Crippen LogP contribution in [0.2, 0.25) is 0 Å². The Balaban J connectivity index is 1.49. The third-order valence-corrected chi connectivity index (χ3v) is 4.87. The van der Waals surface area contributed by atoms with Crippen LogP contribution in [0.5, 0.6) is 0 Å². The molecule has 0 saturated carbocycles. The molecule has 6 heteroatoms. The van der Waals surface area contributed by atoms with Gasteiger partial charge in [-0.25, -0.2) is 0 Å². The van der Waals surface area contributed by atoms with Crippen molar-refractivity contribution in [2.45, 2.75) is 26.7 Å². The quantitative estimate of drug-likeness (QED) is 0.761. The minimum absolute atomic E-state index is 0.00511. The summed E-state index contributed by atoms with van der Waals surface area (Å²) in [5.74, 6) is 1.26. The maximum atomic E-state index is 12.5. The summed E-state index contributed by atoms with van der Waals surface area (Å²) in [4.78, 5) is 40.0. The third-order valence-electron chi connectivity index (χ3n) is 4.87. The molecule has 27 heavy (non-hydrogen) atoms. The van der Waals surface area contributed by atoms with E-state index >= 15 is 0 Å². The molecule has 0 radical (unpaired) electrons. The summed E-state index contributed by atoms with van der Waals surface area (Å²) in [6.45, 7) is 5.40. The van der Waals surface area contributed by atoms with Crippen LogP contribution in [0.4, 0.5) is 0 Å². The number of carbonyl (C=O) groups excluding carboxylic acids is 3. The van der Waals surface area contributed by atoms with Crippen molar-refractivity contribution < 1.29 is 18.8 Å². The van der Waals surface area contributed by atoms with Crippen molar-refractivity contribution in [3.05, 3.63) is 59.0 Å². The number of Topliss-reactive ketones (excluding diaryl/α,β-unsaturated/α-hetero) is 1. The maximum absolute atomic E-state index is 12.5. The molecule has 2 amide bonds. The van der Waals surface area contributed by atoms with Crippen molar-refractivity contribution in [3.63, 3.8) is 0 Å². The molecule has 0 N–H and O–H groups in total. The minimum Gasteiger partial charge on any atom is -0.466 e. The van der Waals surface area contributed by atoms with Crippen LogP contribution < -0.4 is 0 Å². The molecule has 0 atom stereocenters. The predicted molar refractivity (Wildman–Crippen MR) is 101 cm³/mol. The molecular weight excluding hydrogens is 344 g/mol. The molecule has 2 heterocycles. The molecule has 0 bridgehead atoms. The fourth-order valence-corrected chi connectivity index (χ4v) is 3.33. The second-order valence-corrected chi connectivity index (χ2v) is 6.78. The summed E-state index contributed by atoms with van der Waals surface area (Å²) < 4.78 is 5.57. The highest BCUT2D eigenvalue weighted by atomic mass is 16.3. The van der Waals surface area contributed by atoms with E-state index in [4.69, 9.17) is 4.42 Å². The van der Waals surface area contributed by atoms with Gasteiger partial charge in [0.25, 0.3) is 5.91 Å². The van der Waals surface area contributed by atoms with E-state index in [0.29, 0.717) is 61.7 Å². The first-order valence-electron chi connectivity index (χ1n) is 9.18. The smallest absolute Gasteiger partial charge is 0.253 e. The number of hydrogen-bond donors (Lipinski definition) is 0. The first-order chi connectivity index (χ1) is 13.0. The van der Waals surface area contributed by atoms with Crippen LogP contribution in [0.3, 0.4) is 0 Å². The van der Waals surface area contributed by atoms with E-state index in [1.165, 1.54) is 6.92 Å². The van der Waals surface area contributed by atoms with Gasteiger partial charge in [0.05, 0.1) is 5.56 Å². The van der Waals surface area contributed by atoms with Crippen LogP contribution in [0.1, 0.15) is 45.6 Å². The highest BCUT2D eigenvalue weighted by Crippen LogP contribution is 2.17. The van der Waals surface area contributed by atoms with Gasteiger partial charge in [0.15, 0.2) is 5.78 Å². The summed E-state index contributed by atoms with van der Waals surface area (Å²) in [6, 6.07) is 10.9. The fourth-order valence-electron chi connectivity index (χ4n) is 3.33. The molecule has 6 nitrogen and oxygen atoms in total. The third kappa shape index (κ3) is 4.45. The lowest BCUT2D eigenvalue weighted by Gasteiger charge is -2.34. The van der Waals surface area contributed by atoms with Crippen LogP contribution in [-0.4, -0.2) is 53.6 Å². The van der Waals surface area contributed by atoms with E-state index in [1.54, 1.807) is 34.9 Å². The minimum atomic E-state index is -0.0342. The van der Waals surface area contributed by atoms with Gasteiger partial charge in [-0.2, -0.15) is 0 Å². The predicted octanol–water partition coefficient (Wildman–Crippen LogP) is 2.71. The highest BCUT2D eigenvalue weighted by molar-refractivity contribution is 5.95. The second kappa shape index (κ2) is 8.20. The molecule has 1 aromatic heterocycles. The molecule has 142 valence electrons. The number of nitrogens with zero attached hydrogens (tertiary/aromatic N) is 2. The molecule has 2 aromatic rings. The Kier molecular flexibility index (Phi) is 5.74. The lowest BCUT2D eigenvalue weighted by Crippen LogP contribution is -2.50. The zero-order valence-corrected chi connectivity index (χ0v) is 15.7. The van der Waals surface area contributed by atoms with Crippen LogP contribution in [0, 0.1) is 6.92 Å². The SMILES string of the molecule is CC(=O)c1cc(CCC(=O)N2CCN(C(=O)c3ccccc3)CC2)oc1C. The first-order valence-corrected chi connectivity index (χ1v) is 9.18. The number of hydrogen-bond acceptors (Lipinski definition) is 4. The van der Waals surface area contributed by atoms with Crippen LogP contribution >= 0.6 is 0 Å². The van der Waals surface area contributed by atoms with Crippen molar-refractivity contribution in [1.29, 1.82) is 0 Å². The van der Waals surface area contributed by atoms with Crippen molar-refractivity contribution in [2.75, 3.05) is 26.2 Å². The van der Waals surface area contributed by atoms with E-state index in [0.717, 1.165) is 0 Å². The maximum Gasteiger partial charge on any atom is 0.253 e. The Morgan fingerprint density at radius 1 is 1.00 bits per heavy atom. The van der Waals surface area contributed by atoms with Gasteiger partial charge in [0.2, 0.25) is 5.91 Å². The lowest BCUT2D eigenvalue weighted by molar-refractivity contribution is -0.132. The summed E-state index contributed by atoms with van der Waals surface area (Å²) >= 11 is 0. The largest absolute Gasteiger partial charge is 0.466 e. The number of rotatable bonds is 5. The van der Waals surface area contributed by atoms with Gasteiger partial charge in [-0.3, -0.25) is 14.4 Å². The topological polar surface area (TPSA) is 70.8 Å². The van der Waals surface area contributed by atoms with Crippen molar-refractivity contribution >= 4 is 17.6 Å². The molecule has 1 saturated heterocycles. The number of aryl methyl sites for hydroxylation is 2. The zero-order valence-electron chi connectivity index (χ0n) is 15.7. The van der Waals surface area contributed by atoms with Crippen molar-refractivity contribution in [2.24, 2.45) is 0 Å². The van der Waals surface area contributed by atoms with Gasteiger partial charge in [-0.15, -0.1) is 0 Å². The average Bonchev–Trinajstić information content (AvgIpc) is 3.07. The van der Waals surface area contributed by atoms with Gasteiger partial charge in [-0.1, -0.05) is 18.2 Å². The number of ketones is 1. The van der Waals surface area contributed by atoms with E-state index in [1.807, 2.05) is 18.2 Å². The Labute approximate surface area is 158 Å². The molecule has 0 aliphatic carbocycles. The van der Waals surface area contributed by atoms with Gasteiger partial charge in [0, 0.05) is 44.6 Å². The standard InChI is InChI=1S/C21H24N2O4/c1-15(24)19-14-18(27-16(19)2)8-9-20(25)22-10-12-23(13-11-22)21(26)17-6-4-3-5-7-17/h3-7,14H,8-13H2,1-2H3. The lowest BCUT2D eigenvalue weighted by atomic mass is 10.1. The molecular formula is C21H24N2O4. The van der Waals surface area contributed by atoms with Crippen LogP contribution in [-0.2, 0) is 11.2 Å². The Hall–Kier alpha value is -2.89. The van der Waals surface area contributed by atoms with E-state index < -0.39 is 0 Å². The summed E-state index contributed by atoms with van der Waals surface area (Å²) in [6.07, 6.45) is 0.799. The molecule has 1 aliphatic rings. The number of furan rings is 1. The molecule has 0 spiro atoms. The second-order valence-electron chi connectivity index (χ2n) is 6.78. The summed E-state index contributed by atoms with van der Waals surface area (Å²) in [5, 5.41) is 0. The molecule has 1 fully saturated rings. The highest BCUT2D eigenvalue weighted by Gasteiger charge is 2.25. The summed E-state index contributed by atoms with van der Waals surface area (Å²) in [7, 11) is 0. The van der Waals surface area contributed by atoms with E-state index in [2.05, 4.69) is 0 Å². The number of carbonyl (C=O) groups is 3. The van der Waals surface area contributed by atoms with Gasteiger partial charge in [-0.05, 0) is 32.0 Å². The van der Waals surface area contributed by atoms with Crippen molar-refractivity contribution in [1.82, 2.24) is 9.80 Å². The first kappa shape index (κ1) is 18.9. The van der Waals surface area contributed by atoms with Gasteiger partial charge >= 0.3 is 0 Å². The Morgan fingerprint density at radius 3 is 2.22 bits per heavy atom.